The van der Waals surface area contributed by atoms with Gasteiger partial charge in [0.05, 0.1) is 40.0 Å². The molecule has 1 aliphatic rings. The Morgan fingerprint density at radius 3 is 1.84 bits per heavy atom. The molecule has 2 heterocycles. The van der Waals surface area contributed by atoms with Gasteiger partial charge in [-0.15, -0.1) is 0 Å². The molecule has 228 valence electrons. The fourth-order valence-electron chi connectivity index (χ4n) is 7.39. The molecule has 4 heteroatoms. The second-order valence-electron chi connectivity index (χ2n) is 12.4. The van der Waals surface area contributed by atoms with Crippen LogP contribution in [-0.4, -0.2) is 4.57 Å². The van der Waals surface area contributed by atoms with Gasteiger partial charge < -0.3 is 9.47 Å². The third kappa shape index (κ3) is 4.67. The van der Waals surface area contributed by atoms with E-state index in [2.05, 4.69) is 155 Å². The van der Waals surface area contributed by atoms with E-state index in [0.717, 1.165) is 68.0 Å². The summed E-state index contributed by atoms with van der Waals surface area (Å²) in [5, 5.41) is 21.8. The van der Waals surface area contributed by atoms with Crippen molar-refractivity contribution in [1.29, 1.82) is 10.5 Å². The van der Waals surface area contributed by atoms with Crippen LogP contribution in [0.4, 0.5) is 17.1 Å². The molecular weight excluding hydrogens is 597 g/mol. The lowest BCUT2D eigenvalue weighted by Gasteiger charge is -2.33. The van der Waals surface area contributed by atoms with Gasteiger partial charge in [0.15, 0.2) is 0 Å². The van der Waals surface area contributed by atoms with Crippen LogP contribution in [0.5, 0.6) is 0 Å². The van der Waals surface area contributed by atoms with Crippen LogP contribution in [0.25, 0.3) is 49.7 Å². The van der Waals surface area contributed by atoms with E-state index in [-0.39, 0.29) is 0 Å². The summed E-state index contributed by atoms with van der Waals surface area (Å²) < 4.78 is 2.28. The maximum atomic E-state index is 9.88. The van der Waals surface area contributed by atoms with Gasteiger partial charge in [0, 0.05) is 39.8 Å². The van der Waals surface area contributed by atoms with E-state index in [1.165, 1.54) is 16.3 Å². The first-order chi connectivity index (χ1) is 24.2. The molecule has 0 spiro atoms. The molecule has 0 atom stereocenters. The fraction of sp³-hybridized carbons (Fsp3) is 0.0222. The average Bonchev–Trinajstić information content (AvgIpc) is 3.51. The fourth-order valence-corrected chi connectivity index (χ4v) is 7.39. The smallest absolute Gasteiger partial charge is 0.0992 e. The summed E-state index contributed by atoms with van der Waals surface area (Å²) in [7, 11) is 0. The van der Waals surface area contributed by atoms with Gasteiger partial charge in [-0.25, -0.2) is 0 Å². The Morgan fingerprint density at radius 1 is 0.449 bits per heavy atom. The summed E-state index contributed by atoms with van der Waals surface area (Å²) in [4.78, 5) is 2.31. The zero-order chi connectivity index (χ0) is 32.9. The predicted molar refractivity (Wildman–Crippen MR) is 199 cm³/mol. The number of aromatic nitrogens is 1. The minimum absolute atomic E-state index is 0.624. The van der Waals surface area contributed by atoms with Crippen molar-refractivity contribution in [2.24, 2.45) is 0 Å². The summed E-state index contributed by atoms with van der Waals surface area (Å²) in [5.74, 6) is 0. The van der Waals surface area contributed by atoms with Crippen LogP contribution >= 0.6 is 0 Å². The van der Waals surface area contributed by atoms with E-state index in [0.29, 0.717) is 11.1 Å². The highest BCUT2D eigenvalue weighted by molar-refractivity contribution is 6.09. The summed E-state index contributed by atoms with van der Waals surface area (Å²) >= 11 is 0. The lowest BCUT2D eigenvalue weighted by Crippen LogP contribution is -2.18. The molecule has 0 radical (unpaired) electrons. The van der Waals surface area contributed by atoms with Crippen LogP contribution in [0.2, 0.25) is 0 Å². The van der Waals surface area contributed by atoms with Crippen molar-refractivity contribution >= 4 is 38.9 Å². The SMILES string of the molecule is N#Cc1ccc2c(c1)Cc1ccccc1N2c1cccc(-c2ccc(-c3ccc(C#N)cc3-n3c4ccccc4c4ccccc43)cc2)c1. The Labute approximate surface area is 284 Å². The van der Waals surface area contributed by atoms with Crippen LogP contribution in [0.3, 0.4) is 0 Å². The Morgan fingerprint density at radius 2 is 1.08 bits per heavy atom. The van der Waals surface area contributed by atoms with Crippen LogP contribution in [0.1, 0.15) is 22.3 Å². The molecule has 0 unspecified atom stereocenters. The van der Waals surface area contributed by atoms with E-state index < -0.39 is 0 Å². The topological polar surface area (TPSA) is 55.8 Å². The molecule has 1 aromatic heterocycles. The van der Waals surface area contributed by atoms with Crippen molar-refractivity contribution in [1.82, 2.24) is 4.57 Å². The molecular formula is C45H28N4. The zero-order valence-electron chi connectivity index (χ0n) is 26.5. The Bertz CT molecular complexity index is 2610. The third-order valence-corrected chi connectivity index (χ3v) is 9.64. The molecule has 0 N–H and O–H groups in total. The van der Waals surface area contributed by atoms with Gasteiger partial charge in [-0.05, 0) is 88.5 Å². The van der Waals surface area contributed by atoms with Crippen molar-refractivity contribution in [2.45, 2.75) is 6.42 Å². The van der Waals surface area contributed by atoms with Crippen molar-refractivity contribution in [3.8, 4) is 40.1 Å². The standard InChI is InChI=1S/C45H28N4/c46-28-30-17-23-42-36(24-30)26-35-8-1-4-13-41(35)48(42)37-10-7-9-34(27-37)32-18-20-33(21-19-32)38-22-16-31(29-47)25-45(38)49-43-14-5-2-11-39(43)40-12-3-6-15-44(40)49/h1-25,27H,26H2. The second kappa shape index (κ2) is 11.4. The molecule has 0 fully saturated rings. The highest BCUT2D eigenvalue weighted by atomic mass is 15.2. The minimum atomic E-state index is 0.624. The number of hydrogen-bond donors (Lipinski definition) is 0. The quantitative estimate of drug-likeness (QED) is 0.196. The molecule has 0 saturated carbocycles. The predicted octanol–water partition coefficient (Wildman–Crippen LogP) is 11.2. The Balaban J connectivity index is 1.13. The van der Waals surface area contributed by atoms with Crippen LogP contribution in [0.15, 0.2) is 158 Å². The first kappa shape index (κ1) is 28.4. The minimum Gasteiger partial charge on any atom is -0.310 e. The maximum absolute atomic E-state index is 9.88. The molecule has 4 nitrogen and oxygen atoms in total. The van der Waals surface area contributed by atoms with Gasteiger partial charge >= 0.3 is 0 Å². The highest BCUT2D eigenvalue weighted by Crippen LogP contribution is 2.45. The average molecular weight is 625 g/mol. The van der Waals surface area contributed by atoms with Gasteiger partial charge in [0.25, 0.3) is 0 Å². The molecule has 0 aliphatic carbocycles. The molecule has 49 heavy (non-hydrogen) atoms. The normalized spacial score (nSPS) is 11.9. The van der Waals surface area contributed by atoms with E-state index >= 15 is 0 Å². The molecule has 9 rings (SSSR count). The molecule has 1 aliphatic heterocycles. The van der Waals surface area contributed by atoms with Gasteiger partial charge in [0.1, 0.15) is 0 Å². The highest BCUT2D eigenvalue weighted by Gasteiger charge is 2.24. The number of nitriles is 2. The number of para-hydroxylation sites is 3. The molecule has 8 aromatic rings. The number of anilines is 3. The second-order valence-corrected chi connectivity index (χ2v) is 12.4. The monoisotopic (exact) mass is 624 g/mol. The van der Waals surface area contributed by atoms with Gasteiger partial charge in [-0.2, -0.15) is 10.5 Å². The summed E-state index contributed by atoms with van der Waals surface area (Å²) in [5.41, 5.74) is 14.6. The van der Waals surface area contributed by atoms with E-state index in [4.69, 9.17) is 0 Å². The number of hydrogen-bond acceptors (Lipinski definition) is 3. The maximum Gasteiger partial charge on any atom is 0.0992 e. The van der Waals surface area contributed by atoms with Gasteiger partial charge in [-0.3, -0.25) is 0 Å². The Kier molecular flexibility index (Phi) is 6.61. The van der Waals surface area contributed by atoms with Crippen LogP contribution in [-0.2, 0) is 6.42 Å². The number of fused-ring (bicyclic) bond motifs is 5. The largest absolute Gasteiger partial charge is 0.310 e. The number of rotatable bonds is 4. The molecule has 0 bridgehead atoms. The van der Waals surface area contributed by atoms with Crippen molar-refractivity contribution in [3.05, 3.63) is 180 Å². The first-order valence-electron chi connectivity index (χ1n) is 16.3. The summed E-state index contributed by atoms with van der Waals surface area (Å²) in [6, 6.07) is 59.4. The van der Waals surface area contributed by atoms with Crippen molar-refractivity contribution in [2.75, 3.05) is 4.90 Å². The lowest BCUT2D eigenvalue weighted by atomic mass is 9.93. The number of nitrogens with zero attached hydrogens (tertiary/aromatic N) is 4. The van der Waals surface area contributed by atoms with Gasteiger partial charge in [0.2, 0.25) is 0 Å². The summed E-state index contributed by atoms with van der Waals surface area (Å²) in [6.45, 7) is 0. The molecule has 0 saturated heterocycles. The van der Waals surface area contributed by atoms with E-state index in [1.54, 1.807) is 0 Å². The van der Waals surface area contributed by atoms with E-state index in [9.17, 15) is 10.5 Å². The van der Waals surface area contributed by atoms with Crippen LogP contribution < -0.4 is 4.90 Å². The van der Waals surface area contributed by atoms with Crippen molar-refractivity contribution < 1.29 is 0 Å². The number of benzene rings is 7. The Hall–Kier alpha value is -6.88. The first-order valence-corrected chi connectivity index (χ1v) is 16.3. The summed E-state index contributed by atoms with van der Waals surface area (Å²) in [6.07, 6.45) is 0.796. The zero-order valence-corrected chi connectivity index (χ0v) is 26.5. The molecule has 7 aromatic carbocycles. The third-order valence-electron chi connectivity index (χ3n) is 9.64. The van der Waals surface area contributed by atoms with Crippen LogP contribution in [0, 0.1) is 22.7 Å². The lowest BCUT2D eigenvalue weighted by molar-refractivity contribution is 1.09. The van der Waals surface area contributed by atoms with Gasteiger partial charge in [-0.1, -0.05) is 97.1 Å². The van der Waals surface area contributed by atoms with E-state index in [1.807, 2.05) is 24.3 Å². The van der Waals surface area contributed by atoms with Crippen molar-refractivity contribution in [3.63, 3.8) is 0 Å². The molecule has 0 amide bonds.